The quantitative estimate of drug-likeness (QED) is 0.320. The Balaban J connectivity index is 1.45. The number of anilines is 1. The SMILES string of the molecule is Cc1cccc(C)c1-c1cc2nc(n1)NS(=O)(=O)c1cccc(c1)C(=O)NCC1(CCN(C(=O)C(CC(C)C)NC(=O)OC(C)(C)C)CC1)CO2. The van der Waals surface area contributed by atoms with Crippen molar-refractivity contribution in [3.8, 4) is 17.1 Å². The molecule has 1 atom stereocenters. The third kappa shape index (κ3) is 9.34. The molecule has 3 heterocycles. The highest BCUT2D eigenvalue weighted by molar-refractivity contribution is 7.92. The van der Waals surface area contributed by atoms with E-state index in [9.17, 15) is 22.8 Å². The molecule has 3 aromatic rings. The number of sulfonamides is 1. The van der Waals surface area contributed by atoms with E-state index < -0.39 is 39.1 Å². The summed E-state index contributed by atoms with van der Waals surface area (Å²) in [7, 11) is -4.17. The van der Waals surface area contributed by atoms with Crippen LogP contribution in [0.1, 0.15) is 75.4 Å². The fourth-order valence-electron chi connectivity index (χ4n) is 6.41. The highest BCUT2D eigenvalue weighted by Crippen LogP contribution is 2.35. The number of hydrogen-bond acceptors (Lipinski definition) is 9. The lowest BCUT2D eigenvalue weighted by Crippen LogP contribution is -2.55. The Kier molecular flexibility index (Phi) is 10.9. The van der Waals surface area contributed by atoms with Crippen molar-refractivity contribution in [2.45, 2.75) is 84.3 Å². The molecule has 1 spiro atoms. The number of fused-ring (bicyclic) bond motifs is 4. The molecule has 0 aliphatic carbocycles. The Morgan fingerprint density at radius 1 is 1.04 bits per heavy atom. The Bertz CT molecular complexity index is 1880. The Morgan fingerprint density at radius 2 is 1.71 bits per heavy atom. The number of aromatic nitrogens is 2. The number of carbonyl (C=O) groups is 3. The van der Waals surface area contributed by atoms with Crippen molar-refractivity contribution in [3.63, 3.8) is 0 Å². The topological polar surface area (TPSA) is 169 Å². The van der Waals surface area contributed by atoms with E-state index in [1.165, 1.54) is 18.2 Å². The van der Waals surface area contributed by atoms with E-state index in [1.54, 1.807) is 37.8 Å². The number of piperidine rings is 1. The van der Waals surface area contributed by atoms with Gasteiger partial charge >= 0.3 is 6.09 Å². The van der Waals surface area contributed by atoms with E-state index in [1.807, 2.05) is 45.9 Å². The smallest absolute Gasteiger partial charge is 0.408 e. The summed E-state index contributed by atoms with van der Waals surface area (Å²) in [6.45, 7) is 14.2. The number of rotatable bonds is 5. The number of ether oxygens (including phenoxy) is 2. The molecule has 5 rings (SSSR count). The first-order valence-electron chi connectivity index (χ1n) is 17.2. The zero-order valence-electron chi connectivity index (χ0n) is 30.3. The van der Waals surface area contributed by atoms with Crippen LogP contribution in [0.2, 0.25) is 0 Å². The molecule has 2 aromatic carbocycles. The summed E-state index contributed by atoms with van der Waals surface area (Å²) in [4.78, 5) is 50.5. The van der Waals surface area contributed by atoms with Crippen LogP contribution in [0.25, 0.3) is 11.3 Å². The average Bonchev–Trinajstić information content (AvgIpc) is 3.04. The minimum absolute atomic E-state index is 0.117. The molecule has 51 heavy (non-hydrogen) atoms. The molecule has 1 fully saturated rings. The van der Waals surface area contributed by atoms with Gasteiger partial charge in [0, 0.05) is 42.2 Å². The van der Waals surface area contributed by atoms with Gasteiger partial charge in [-0.2, -0.15) is 4.98 Å². The van der Waals surface area contributed by atoms with Crippen molar-refractivity contribution in [3.05, 3.63) is 65.2 Å². The molecule has 3 amide bonds. The summed E-state index contributed by atoms with van der Waals surface area (Å²) in [6, 6.07) is 12.5. The van der Waals surface area contributed by atoms with Crippen molar-refractivity contribution < 1.29 is 32.3 Å². The second-order valence-electron chi connectivity index (χ2n) is 14.9. The number of hydrogen-bond donors (Lipinski definition) is 3. The first kappa shape index (κ1) is 37.5. The standard InChI is InChI=1S/C37H48N6O7S/c1-23(2)18-29(40-35(46)50-36(5,6)7)33(45)43-16-14-37(15-17-43)21-38-32(44)26-12-9-13-27(19-26)51(47,48)42-34-39-28(20-30(41-34)49-22-37)31-24(3)10-8-11-25(31)4/h8-13,19-20,23,29H,14-18,21-22H2,1-7H3,(H,38,44)(H,40,46)(H,39,41,42). The van der Waals surface area contributed by atoms with Gasteiger partial charge in [0.1, 0.15) is 11.6 Å². The fourth-order valence-corrected chi connectivity index (χ4v) is 7.40. The molecule has 0 radical (unpaired) electrons. The van der Waals surface area contributed by atoms with Gasteiger partial charge in [0.2, 0.25) is 17.7 Å². The summed E-state index contributed by atoms with van der Waals surface area (Å²) in [5.41, 5.74) is 2.08. The number of nitrogens with zero attached hydrogens (tertiary/aromatic N) is 3. The van der Waals surface area contributed by atoms with Crippen LogP contribution in [0, 0.1) is 25.2 Å². The van der Waals surface area contributed by atoms with Crippen LogP contribution in [0.4, 0.5) is 10.7 Å². The van der Waals surface area contributed by atoms with Crippen LogP contribution in [0.5, 0.6) is 5.88 Å². The van der Waals surface area contributed by atoms with Gasteiger partial charge in [-0.05, 0) is 89.1 Å². The summed E-state index contributed by atoms with van der Waals surface area (Å²) < 4.78 is 41.2. The lowest BCUT2D eigenvalue weighted by atomic mass is 9.78. The molecule has 1 aromatic heterocycles. The maximum atomic E-state index is 13.8. The monoisotopic (exact) mass is 720 g/mol. The highest BCUT2D eigenvalue weighted by Gasteiger charge is 2.40. The van der Waals surface area contributed by atoms with Gasteiger partial charge in [-0.25, -0.2) is 22.9 Å². The first-order chi connectivity index (χ1) is 23.9. The highest BCUT2D eigenvalue weighted by atomic mass is 32.2. The van der Waals surface area contributed by atoms with Crippen molar-refractivity contribution in [1.82, 2.24) is 25.5 Å². The normalized spacial score (nSPS) is 17.7. The molecule has 1 unspecified atom stereocenters. The Hall–Kier alpha value is -4.72. The first-order valence-corrected chi connectivity index (χ1v) is 18.7. The van der Waals surface area contributed by atoms with Gasteiger partial charge < -0.3 is 25.0 Å². The minimum Gasteiger partial charge on any atom is -0.477 e. The Labute approximate surface area is 300 Å². The van der Waals surface area contributed by atoms with Gasteiger partial charge in [0.25, 0.3) is 15.9 Å². The molecule has 0 saturated carbocycles. The average molecular weight is 721 g/mol. The van der Waals surface area contributed by atoms with Crippen LogP contribution < -0.4 is 20.1 Å². The van der Waals surface area contributed by atoms with Gasteiger partial charge in [0.15, 0.2) is 0 Å². The molecule has 13 nitrogen and oxygen atoms in total. The van der Waals surface area contributed by atoms with E-state index in [4.69, 9.17) is 9.47 Å². The second kappa shape index (κ2) is 14.9. The predicted molar refractivity (Wildman–Crippen MR) is 193 cm³/mol. The number of amides is 3. The number of alkyl carbamates (subject to hydrolysis) is 1. The predicted octanol–water partition coefficient (Wildman–Crippen LogP) is 5.23. The zero-order valence-corrected chi connectivity index (χ0v) is 31.1. The summed E-state index contributed by atoms with van der Waals surface area (Å²) in [5, 5.41) is 5.77. The van der Waals surface area contributed by atoms with Gasteiger partial charge in [-0.3, -0.25) is 9.59 Å². The molecule has 3 N–H and O–H groups in total. The van der Waals surface area contributed by atoms with Crippen molar-refractivity contribution in [2.75, 3.05) is 31.0 Å². The third-order valence-electron chi connectivity index (χ3n) is 9.05. The molecule has 4 bridgehead atoms. The molecule has 2 aliphatic rings. The van der Waals surface area contributed by atoms with E-state index in [-0.39, 0.29) is 47.3 Å². The lowest BCUT2D eigenvalue weighted by Gasteiger charge is -2.42. The van der Waals surface area contributed by atoms with Gasteiger partial charge in [-0.1, -0.05) is 38.1 Å². The summed E-state index contributed by atoms with van der Waals surface area (Å²) in [5.74, 6) is -0.498. The van der Waals surface area contributed by atoms with Crippen LogP contribution in [0.3, 0.4) is 0 Å². The maximum Gasteiger partial charge on any atom is 0.408 e. The Morgan fingerprint density at radius 3 is 2.35 bits per heavy atom. The zero-order chi connectivity index (χ0) is 37.1. The lowest BCUT2D eigenvalue weighted by molar-refractivity contribution is -0.136. The number of nitrogens with one attached hydrogen (secondary N) is 3. The number of aryl methyl sites for hydroxylation is 2. The van der Waals surface area contributed by atoms with Crippen molar-refractivity contribution in [1.29, 1.82) is 0 Å². The maximum absolute atomic E-state index is 13.8. The van der Waals surface area contributed by atoms with Crippen LogP contribution >= 0.6 is 0 Å². The largest absolute Gasteiger partial charge is 0.477 e. The number of likely N-dealkylation sites (tertiary alicyclic amines) is 1. The van der Waals surface area contributed by atoms with E-state index in [0.29, 0.717) is 38.0 Å². The number of carbonyl (C=O) groups excluding carboxylic acids is 3. The molecule has 1 saturated heterocycles. The van der Waals surface area contributed by atoms with E-state index >= 15 is 0 Å². The van der Waals surface area contributed by atoms with Gasteiger partial charge in [0.05, 0.1) is 17.2 Å². The molecule has 2 aliphatic heterocycles. The minimum atomic E-state index is -4.17. The second-order valence-corrected chi connectivity index (χ2v) is 16.6. The van der Waals surface area contributed by atoms with Crippen LogP contribution in [-0.2, 0) is 19.6 Å². The third-order valence-corrected chi connectivity index (χ3v) is 10.4. The molecule has 274 valence electrons. The molecule has 14 heteroatoms. The van der Waals surface area contributed by atoms with Crippen LogP contribution in [0.15, 0.2) is 53.4 Å². The molecular formula is C37H48N6O7S. The molecular weight excluding hydrogens is 673 g/mol. The van der Waals surface area contributed by atoms with Crippen molar-refractivity contribution >= 4 is 33.9 Å². The summed E-state index contributed by atoms with van der Waals surface area (Å²) >= 11 is 0. The van der Waals surface area contributed by atoms with Crippen LogP contribution in [-0.4, -0.2) is 79.1 Å². The van der Waals surface area contributed by atoms with E-state index in [2.05, 4.69) is 25.3 Å². The summed E-state index contributed by atoms with van der Waals surface area (Å²) in [6.07, 6.45) is 0.760. The van der Waals surface area contributed by atoms with Crippen molar-refractivity contribution in [2.24, 2.45) is 11.3 Å². The number of benzene rings is 2. The van der Waals surface area contributed by atoms with Gasteiger partial charge in [-0.15, -0.1) is 0 Å². The van der Waals surface area contributed by atoms with E-state index in [0.717, 1.165) is 16.7 Å². The fraction of sp³-hybridized carbons (Fsp3) is 0.486.